The first-order valence-corrected chi connectivity index (χ1v) is 8.97. The molecule has 1 heterocycles. The lowest BCUT2D eigenvalue weighted by atomic mass is 10.1. The fraction of sp³-hybridized carbons (Fsp3) is 0.286. The summed E-state index contributed by atoms with van der Waals surface area (Å²) in [6.07, 6.45) is 2.77. The minimum Gasteiger partial charge on any atom is -0.497 e. The van der Waals surface area contributed by atoms with Crippen molar-refractivity contribution in [2.45, 2.75) is 19.8 Å². The molecule has 1 N–H and O–H groups in total. The van der Waals surface area contributed by atoms with E-state index in [4.69, 9.17) is 4.74 Å². The average molecular weight is 365 g/mol. The summed E-state index contributed by atoms with van der Waals surface area (Å²) in [5.74, 6) is -0.0135. The normalized spacial score (nSPS) is 16.7. The Balaban J connectivity index is 1.57. The largest absolute Gasteiger partial charge is 0.497 e. The number of rotatable bonds is 6. The number of benzene rings is 2. The molecule has 0 unspecified atom stereocenters. The summed E-state index contributed by atoms with van der Waals surface area (Å²) < 4.78 is 5.13. The molecular weight excluding hydrogens is 342 g/mol. The van der Waals surface area contributed by atoms with Gasteiger partial charge in [0.05, 0.1) is 19.2 Å². The van der Waals surface area contributed by atoms with Crippen molar-refractivity contribution < 1.29 is 14.3 Å². The summed E-state index contributed by atoms with van der Waals surface area (Å²) in [7, 11) is 1.59. The molecule has 1 saturated heterocycles. The maximum absolute atomic E-state index is 12.3. The van der Waals surface area contributed by atoms with E-state index in [-0.39, 0.29) is 18.2 Å². The molecule has 1 aliphatic rings. The van der Waals surface area contributed by atoms with Crippen molar-refractivity contribution in [1.29, 1.82) is 0 Å². The third-order valence-corrected chi connectivity index (χ3v) is 4.66. The van der Waals surface area contributed by atoms with Crippen LogP contribution in [0.2, 0.25) is 0 Å². The molecule has 27 heavy (non-hydrogen) atoms. The lowest BCUT2D eigenvalue weighted by Crippen LogP contribution is -2.30. The number of amides is 2. The van der Waals surface area contributed by atoms with Gasteiger partial charge in [0.25, 0.3) is 0 Å². The maximum atomic E-state index is 12.3. The van der Waals surface area contributed by atoms with Crippen molar-refractivity contribution in [3.8, 4) is 5.75 Å². The average Bonchev–Trinajstić information content (AvgIpc) is 3.10. The molecule has 0 saturated carbocycles. The molecule has 1 atom stereocenters. The van der Waals surface area contributed by atoms with Crippen molar-refractivity contribution in [1.82, 2.24) is 5.43 Å². The highest BCUT2D eigenvalue weighted by atomic mass is 16.5. The Labute approximate surface area is 158 Å². The first kappa shape index (κ1) is 18.6. The molecule has 2 aromatic rings. The zero-order chi connectivity index (χ0) is 19.2. The number of aryl methyl sites for hydroxylation is 1. The van der Waals surface area contributed by atoms with Crippen LogP contribution in [0.4, 0.5) is 5.69 Å². The smallest absolute Gasteiger partial charge is 0.245 e. The number of ether oxygens (including phenoxy) is 1. The number of nitrogens with zero attached hydrogens (tertiary/aromatic N) is 2. The molecule has 0 aromatic heterocycles. The lowest BCUT2D eigenvalue weighted by molar-refractivity contribution is -0.126. The van der Waals surface area contributed by atoms with Gasteiger partial charge in [-0.2, -0.15) is 5.10 Å². The highest BCUT2D eigenvalue weighted by molar-refractivity contribution is 6.00. The Kier molecular flexibility index (Phi) is 5.86. The third-order valence-electron chi connectivity index (χ3n) is 4.66. The predicted molar refractivity (Wildman–Crippen MR) is 105 cm³/mol. The Morgan fingerprint density at radius 2 is 1.93 bits per heavy atom. The number of carbonyl (C=O) groups excluding carboxylic acids is 2. The van der Waals surface area contributed by atoms with E-state index in [1.165, 1.54) is 5.56 Å². The second kappa shape index (κ2) is 8.49. The number of hydrogen-bond donors (Lipinski definition) is 1. The van der Waals surface area contributed by atoms with Crippen LogP contribution in [0.15, 0.2) is 53.6 Å². The first-order chi connectivity index (χ1) is 13.1. The van der Waals surface area contributed by atoms with Crippen molar-refractivity contribution in [2.24, 2.45) is 11.0 Å². The van der Waals surface area contributed by atoms with E-state index >= 15 is 0 Å². The van der Waals surface area contributed by atoms with E-state index in [2.05, 4.69) is 17.5 Å². The lowest BCUT2D eigenvalue weighted by Gasteiger charge is -2.16. The zero-order valence-electron chi connectivity index (χ0n) is 15.5. The van der Waals surface area contributed by atoms with Crippen LogP contribution in [0.5, 0.6) is 5.75 Å². The minimum atomic E-state index is -0.417. The van der Waals surface area contributed by atoms with Gasteiger partial charge in [0.1, 0.15) is 5.75 Å². The van der Waals surface area contributed by atoms with Gasteiger partial charge in [-0.1, -0.05) is 31.2 Å². The van der Waals surface area contributed by atoms with Crippen LogP contribution >= 0.6 is 0 Å². The predicted octanol–water partition coefficient (Wildman–Crippen LogP) is 2.76. The highest BCUT2D eigenvalue weighted by Gasteiger charge is 2.35. The maximum Gasteiger partial charge on any atom is 0.245 e. The van der Waals surface area contributed by atoms with Crippen molar-refractivity contribution in [2.75, 3.05) is 18.6 Å². The summed E-state index contributed by atoms with van der Waals surface area (Å²) >= 11 is 0. The molecular formula is C21H23N3O3. The second-order valence-electron chi connectivity index (χ2n) is 6.43. The minimum absolute atomic E-state index is 0.0700. The summed E-state index contributed by atoms with van der Waals surface area (Å²) in [6.45, 7) is 2.44. The fourth-order valence-electron chi connectivity index (χ4n) is 3.00. The molecule has 6 nitrogen and oxygen atoms in total. The van der Waals surface area contributed by atoms with Crippen molar-refractivity contribution in [3.63, 3.8) is 0 Å². The van der Waals surface area contributed by atoms with Gasteiger partial charge in [-0.25, -0.2) is 5.43 Å². The highest BCUT2D eigenvalue weighted by Crippen LogP contribution is 2.26. The van der Waals surface area contributed by atoms with Crippen LogP contribution in [-0.2, 0) is 16.0 Å². The number of anilines is 1. The Bertz CT molecular complexity index is 829. The monoisotopic (exact) mass is 365 g/mol. The van der Waals surface area contributed by atoms with Crippen LogP contribution < -0.4 is 15.1 Å². The van der Waals surface area contributed by atoms with E-state index in [9.17, 15) is 9.59 Å². The molecule has 0 aliphatic carbocycles. The van der Waals surface area contributed by atoms with Gasteiger partial charge in [-0.3, -0.25) is 9.59 Å². The molecule has 0 spiro atoms. The van der Waals surface area contributed by atoms with Crippen LogP contribution in [0.3, 0.4) is 0 Å². The summed E-state index contributed by atoms with van der Waals surface area (Å²) in [6, 6.07) is 15.2. The standard InChI is InChI=1S/C21H23N3O3/c1-3-15-4-6-16(7-5-15)13-22-23-21(26)17-12-20(25)24(14-17)18-8-10-19(27-2)11-9-18/h4-11,13,17H,3,12,14H2,1-2H3,(H,23,26)/t17-/m1/s1. The van der Waals surface area contributed by atoms with Crippen LogP contribution in [-0.4, -0.2) is 31.7 Å². The van der Waals surface area contributed by atoms with Gasteiger partial charge < -0.3 is 9.64 Å². The van der Waals surface area contributed by atoms with Gasteiger partial charge in [0, 0.05) is 18.7 Å². The Morgan fingerprint density at radius 1 is 1.22 bits per heavy atom. The van der Waals surface area contributed by atoms with Gasteiger partial charge in [-0.15, -0.1) is 0 Å². The molecule has 0 radical (unpaired) electrons. The molecule has 3 rings (SSSR count). The van der Waals surface area contributed by atoms with Crippen LogP contribution in [0.25, 0.3) is 0 Å². The van der Waals surface area contributed by atoms with Crippen LogP contribution in [0, 0.1) is 5.92 Å². The molecule has 2 aromatic carbocycles. The molecule has 1 fully saturated rings. The summed E-state index contributed by atoms with van der Waals surface area (Å²) in [4.78, 5) is 26.2. The zero-order valence-corrected chi connectivity index (χ0v) is 15.5. The number of nitrogens with one attached hydrogen (secondary N) is 1. The van der Waals surface area contributed by atoms with Gasteiger partial charge in [0.15, 0.2) is 0 Å². The van der Waals surface area contributed by atoms with Gasteiger partial charge in [-0.05, 0) is 41.8 Å². The van der Waals surface area contributed by atoms with E-state index in [0.29, 0.717) is 6.54 Å². The summed E-state index contributed by atoms with van der Waals surface area (Å²) in [5, 5.41) is 4.02. The van der Waals surface area contributed by atoms with Crippen molar-refractivity contribution >= 4 is 23.7 Å². The number of carbonyl (C=O) groups is 2. The fourth-order valence-corrected chi connectivity index (χ4v) is 3.00. The molecule has 140 valence electrons. The van der Waals surface area contributed by atoms with Gasteiger partial charge in [0.2, 0.25) is 11.8 Å². The SMILES string of the molecule is CCc1ccc(C=NNC(=O)[C@@H]2CC(=O)N(c3ccc(OC)cc3)C2)cc1. The molecule has 6 heteroatoms. The first-order valence-electron chi connectivity index (χ1n) is 8.97. The molecule has 0 bridgehead atoms. The number of methoxy groups -OCH3 is 1. The van der Waals surface area contributed by atoms with E-state index in [1.807, 2.05) is 36.4 Å². The second-order valence-corrected chi connectivity index (χ2v) is 6.43. The Morgan fingerprint density at radius 3 is 2.56 bits per heavy atom. The van der Waals surface area contributed by atoms with Crippen LogP contribution in [0.1, 0.15) is 24.5 Å². The summed E-state index contributed by atoms with van der Waals surface area (Å²) in [5.41, 5.74) is 5.47. The number of hydrogen-bond acceptors (Lipinski definition) is 4. The van der Waals surface area contributed by atoms with E-state index in [0.717, 1.165) is 23.4 Å². The number of hydrazone groups is 1. The van der Waals surface area contributed by atoms with E-state index < -0.39 is 5.92 Å². The van der Waals surface area contributed by atoms with Crippen molar-refractivity contribution in [3.05, 3.63) is 59.7 Å². The quantitative estimate of drug-likeness (QED) is 0.632. The van der Waals surface area contributed by atoms with E-state index in [1.54, 1.807) is 30.4 Å². The van der Waals surface area contributed by atoms with Gasteiger partial charge >= 0.3 is 0 Å². The molecule has 1 aliphatic heterocycles. The molecule has 2 amide bonds. The topological polar surface area (TPSA) is 71.0 Å². The Hall–Kier alpha value is -3.15. The third kappa shape index (κ3) is 4.53.